The van der Waals surface area contributed by atoms with Crippen LogP contribution in [0.4, 0.5) is 0 Å². The molecule has 4 nitrogen and oxygen atoms in total. The number of rotatable bonds is 7. The molecule has 0 amide bonds. The van der Waals surface area contributed by atoms with Crippen LogP contribution in [-0.4, -0.2) is 33.5 Å². The molecule has 4 heteroatoms. The van der Waals surface area contributed by atoms with E-state index < -0.39 is 11.6 Å². The lowest BCUT2D eigenvalue weighted by Crippen LogP contribution is -2.54. The minimum absolute atomic E-state index is 0.107. The Hall–Kier alpha value is -0.680. The Balaban J connectivity index is 4.77. The maximum Gasteiger partial charge on any atom is 0.310 e. The summed E-state index contributed by atoms with van der Waals surface area (Å²) in [7, 11) is 0. The van der Waals surface area contributed by atoms with E-state index in [2.05, 4.69) is 13.2 Å². The van der Waals surface area contributed by atoms with Gasteiger partial charge in [0.15, 0.2) is 5.60 Å². The lowest BCUT2D eigenvalue weighted by Gasteiger charge is -2.36. The molecule has 0 aliphatic heterocycles. The summed E-state index contributed by atoms with van der Waals surface area (Å²) in [6.07, 6.45) is 3.53. The van der Waals surface area contributed by atoms with Crippen molar-refractivity contribution in [3.63, 3.8) is 0 Å². The van der Waals surface area contributed by atoms with Gasteiger partial charge in [0.1, 0.15) is 0 Å². The Morgan fingerprint density at radius 1 is 1.29 bits per heavy atom. The Morgan fingerprint density at radius 3 is 2.14 bits per heavy atom. The van der Waals surface area contributed by atoms with E-state index in [0.29, 0.717) is 6.42 Å². The van der Waals surface area contributed by atoms with Gasteiger partial charge in [0.05, 0.1) is 6.61 Å². The highest BCUT2D eigenvalue weighted by molar-refractivity contribution is 5.02. The van der Waals surface area contributed by atoms with E-state index in [1.165, 1.54) is 12.2 Å². The van der Waals surface area contributed by atoms with E-state index in [9.17, 15) is 0 Å². The smallest absolute Gasteiger partial charge is 0.310 e. The Morgan fingerprint density at radius 2 is 1.86 bits per heavy atom. The molecule has 0 spiro atoms. The van der Waals surface area contributed by atoms with Crippen molar-refractivity contribution in [2.45, 2.75) is 31.3 Å². The quantitative estimate of drug-likeness (QED) is 0.416. The van der Waals surface area contributed by atoms with Gasteiger partial charge in [-0.25, -0.2) is 0 Å². The van der Waals surface area contributed by atoms with E-state index in [4.69, 9.17) is 20.1 Å². The second-order valence-corrected chi connectivity index (χ2v) is 3.08. The largest absolute Gasteiger partial charge is 0.358 e. The van der Waals surface area contributed by atoms with Crippen molar-refractivity contribution in [2.24, 2.45) is 0 Å². The van der Waals surface area contributed by atoms with Gasteiger partial charge in [-0.3, -0.25) is 0 Å². The molecule has 0 fully saturated rings. The van der Waals surface area contributed by atoms with Crippen molar-refractivity contribution in [3.8, 4) is 0 Å². The van der Waals surface area contributed by atoms with Gasteiger partial charge in [0.2, 0.25) is 0 Å². The summed E-state index contributed by atoms with van der Waals surface area (Å²) >= 11 is 0. The van der Waals surface area contributed by atoms with E-state index >= 15 is 0 Å². The Labute approximate surface area is 84.1 Å². The predicted octanol–water partition coefficient (Wildman–Crippen LogP) is 0.545. The third-order valence-corrected chi connectivity index (χ3v) is 1.98. The maximum absolute atomic E-state index is 9.17. The van der Waals surface area contributed by atoms with Crippen LogP contribution in [0.25, 0.3) is 0 Å². The fraction of sp³-hybridized carbons (Fsp3) is 0.600. The van der Waals surface area contributed by atoms with Crippen molar-refractivity contribution in [1.29, 1.82) is 0 Å². The van der Waals surface area contributed by atoms with Gasteiger partial charge < -0.3 is 20.1 Å². The minimum Gasteiger partial charge on any atom is -0.358 e. The van der Waals surface area contributed by atoms with Crippen LogP contribution in [0.5, 0.6) is 0 Å². The van der Waals surface area contributed by atoms with Gasteiger partial charge >= 0.3 is 5.97 Å². The summed E-state index contributed by atoms with van der Waals surface area (Å²) in [5, 5.41) is 27.5. The molecule has 0 aliphatic rings. The SMILES string of the molecule is C=CCOC(C=C)(CCC)C(O)(O)O. The summed E-state index contributed by atoms with van der Waals surface area (Å²) in [6, 6.07) is 0. The first-order chi connectivity index (χ1) is 6.43. The van der Waals surface area contributed by atoms with Crippen LogP contribution in [-0.2, 0) is 4.74 Å². The van der Waals surface area contributed by atoms with Crippen LogP contribution >= 0.6 is 0 Å². The highest BCUT2D eigenvalue weighted by atomic mass is 16.7. The zero-order chi connectivity index (χ0) is 11.2. The summed E-state index contributed by atoms with van der Waals surface area (Å²) in [5.74, 6) is -2.92. The molecule has 0 bridgehead atoms. The molecule has 0 heterocycles. The number of hydrogen-bond acceptors (Lipinski definition) is 4. The molecule has 1 atom stereocenters. The molecule has 82 valence electrons. The Bertz CT molecular complexity index is 195. The molecule has 0 aliphatic carbocycles. The van der Waals surface area contributed by atoms with Crippen LogP contribution in [0.1, 0.15) is 19.8 Å². The molecular formula is C10H18O4. The summed E-state index contributed by atoms with van der Waals surface area (Å²) in [6.45, 7) is 8.81. The van der Waals surface area contributed by atoms with E-state index in [0.717, 1.165) is 0 Å². The van der Waals surface area contributed by atoms with E-state index in [-0.39, 0.29) is 13.0 Å². The summed E-state index contributed by atoms with van der Waals surface area (Å²) < 4.78 is 5.15. The highest BCUT2D eigenvalue weighted by Gasteiger charge is 2.46. The topological polar surface area (TPSA) is 69.9 Å². The van der Waals surface area contributed by atoms with Crippen molar-refractivity contribution in [1.82, 2.24) is 0 Å². The molecule has 0 radical (unpaired) electrons. The van der Waals surface area contributed by atoms with Gasteiger partial charge in [-0.2, -0.15) is 0 Å². The van der Waals surface area contributed by atoms with E-state index in [1.54, 1.807) is 0 Å². The second-order valence-electron chi connectivity index (χ2n) is 3.08. The van der Waals surface area contributed by atoms with E-state index in [1.807, 2.05) is 6.92 Å². The van der Waals surface area contributed by atoms with Gasteiger partial charge in [0.25, 0.3) is 0 Å². The van der Waals surface area contributed by atoms with Gasteiger partial charge in [0, 0.05) is 0 Å². The molecule has 1 unspecified atom stereocenters. The van der Waals surface area contributed by atoms with Gasteiger partial charge in [-0.1, -0.05) is 32.1 Å². The van der Waals surface area contributed by atoms with Crippen molar-refractivity contribution >= 4 is 0 Å². The fourth-order valence-corrected chi connectivity index (χ4v) is 1.21. The average molecular weight is 202 g/mol. The summed E-state index contributed by atoms with van der Waals surface area (Å²) in [4.78, 5) is 0. The molecule has 0 saturated heterocycles. The standard InChI is InChI=1S/C10H18O4/c1-4-7-9(6-3,10(11,12)13)14-8-5-2/h5-6,11-13H,2-4,7-8H2,1H3. The van der Waals surface area contributed by atoms with Crippen LogP contribution in [0.2, 0.25) is 0 Å². The predicted molar refractivity (Wildman–Crippen MR) is 53.4 cm³/mol. The van der Waals surface area contributed by atoms with Crippen LogP contribution in [0, 0.1) is 0 Å². The molecule has 0 aromatic carbocycles. The third-order valence-electron chi connectivity index (χ3n) is 1.98. The molecule has 14 heavy (non-hydrogen) atoms. The molecular weight excluding hydrogens is 184 g/mol. The first-order valence-electron chi connectivity index (χ1n) is 4.49. The van der Waals surface area contributed by atoms with Crippen LogP contribution in [0.15, 0.2) is 25.3 Å². The summed E-state index contributed by atoms with van der Waals surface area (Å²) in [5.41, 5.74) is -1.56. The number of ether oxygens (including phenoxy) is 1. The fourth-order valence-electron chi connectivity index (χ4n) is 1.21. The first-order valence-corrected chi connectivity index (χ1v) is 4.49. The normalized spacial score (nSPS) is 16.0. The molecule has 0 aromatic rings. The minimum atomic E-state index is -2.92. The molecule has 3 N–H and O–H groups in total. The van der Waals surface area contributed by atoms with Crippen LogP contribution < -0.4 is 0 Å². The van der Waals surface area contributed by atoms with Crippen molar-refractivity contribution in [3.05, 3.63) is 25.3 Å². The molecule has 0 rings (SSSR count). The monoisotopic (exact) mass is 202 g/mol. The zero-order valence-corrected chi connectivity index (χ0v) is 8.44. The third kappa shape index (κ3) is 2.92. The zero-order valence-electron chi connectivity index (χ0n) is 8.44. The maximum atomic E-state index is 9.17. The molecule has 0 aromatic heterocycles. The lowest BCUT2D eigenvalue weighted by atomic mass is 9.95. The number of aliphatic hydroxyl groups is 3. The van der Waals surface area contributed by atoms with Gasteiger partial charge in [-0.15, -0.1) is 6.58 Å². The van der Waals surface area contributed by atoms with Gasteiger partial charge in [-0.05, 0) is 6.42 Å². The lowest BCUT2D eigenvalue weighted by molar-refractivity contribution is -0.385. The Kier molecular flexibility index (Phi) is 5.01. The molecule has 0 saturated carbocycles. The first kappa shape index (κ1) is 13.3. The highest BCUT2D eigenvalue weighted by Crippen LogP contribution is 2.29. The second kappa shape index (κ2) is 5.26. The van der Waals surface area contributed by atoms with Crippen molar-refractivity contribution < 1.29 is 20.1 Å². The van der Waals surface area contributed by atoms with Crippen molar-refractivity contribution in [2.75, 3.05) is 6.61 Å². The average Bonchev–Trinajstić information content (AvgIpc) is 2.10. The number of hydrogen-bond donors (Lipinski definition) is 3. The van der Waals surface area contributed by atoms with Crippen LogP contribution in [0.3, 0.4) is 0 Å².